The summed E-state index contributed by atoms with van der Waals surface area (Å²) in [7, 11) is -2.16. The van der Waals surface area contributed by atoms with E-state index in [4.69, 9.17) is 19.1 Å². The maximum Gasteiger partial charge on any atom is 0.305 e. The van der Waals surface area contributed by atoms with Gasteiger partial charge in [-0.3, -0.25) is 9.59 Å². The molecule has 0 bridgehead atoms. The first-order valence-electron chi connectivity index (χ1n) is 23.9. The summed E-state index contributed by atoms with van der Waals surface area (Å²) in [6, 6.07) is 0. The van der Waals surface area contributed by atoms with Gasteiger partial charge in [0.25, 0.3) is 7.72 Å². The number of carbonyl (C=O) groups excluding carboxylic acids is 2. The lowest BCUT2D eigenvalue weighted by atomic mass is 10.0. The topological polar surface area (TPSA) is 114 Å². The number of hydrogen-bond donors (Lipinski definition) is 3. The number of rotatable bonds is 42. The monoisotopic (exact) mass is 815 g/mol. The lowest BCUT2D eigenvalue weighted by Gasteiger charge is -2.20. The Balaban J connectivity index is 0.00000338. The standard InChI is InChI=1S/C42H82O5P.C5H11NO2/c1-4-6-8-10-12-14-16-18-20-22-24-26-28-30-32-34-40(3)47-41(39-46-48(44)36-37-48)38-45-42(43)35-33-31-29-27-25-23-21-19-17-15-13-11-9-7-5-2;1-2-3-6-5(8)4-7/h41,44H,3-39H2,1-2H3;7H,2-4H2,1H3,(H,6,8)/q+1;. The zero-order valence-electron chi connectivity index (χ0n) is 37.2. The van der Waals surface area contributed by atoms with Crippen LogP contribution in [0.1, 0.15) is 233 Å². The van der Waals surface area contributed by atoms with Crippen LogP contribution in [-0.2, 0) is 23.6 Å². The normalized spacial score (nSPS) is 13.4. The van der Waals surface area contributed by atoms with Crippen LogP contribution in [0.4, 0.5) is 0 Å². The number of nitrogens with one attached hydrogen (secondary N) is 1. The van der Waals surface area contributed by atoms with Crippen molar-refractivity contribution < 1.29 is 33.6 Å². The molecular formula is C47H93NO7P+. The number of ether oxygens (including phenoxy) is 2. The maximum atomic E-state index is 12.4. The van der Waals surface area contributed by atoms with Crippen LogP contribution in [0.15, 0.2) is 12.3 Å². The van der Waals surface area contributed by atoms with Gasteiger partial charge in [-0.1, -0.05) is 207 Å². The third kappa shape index (κ3) is 41.0. The Morgan fingerprint density at radius 1 is 0.571 bits per heavy atom. The third-order valence-corrected chi connectivity index (χ3v) is 12.5. The highest BCUT2D eigenvalue weighted by Crippen LogP contribution is 2.69. The summed E-state index contributed by atoms with van der Waals surface area (Å²) in [5.74, 6) is 0.274. The Morgan fingerprint density at radius 3 is 1.30 bits per heavy atom. The van der Waals surface area contributed by atoms with Gasteiger partial charge in [-0.05, 0) is 19.3 Å². The second-order valence-corrected chi connectivity index (χ2v) is 19.3. The molecule has 56 heavy (non-hydrogen) atoms. The lowest BCUT2D eigenvalue weighted by Crippen LogP contribution is -2.26. The number of amides is 1. The molecule has 1 fully saturated rings. The van der Waals surface area contributed by atoms with Gasteiger partial charge in [0.1, 0.15) is 19.8 Å². The van der Waals surface area contributed by atoms with E-state index in [9.17, 15) is 14.5 Å². The number of allylic oxidation sites excluding steroid dienone is 1. The zero-order valence-corrected chi connectivity index (χ0v) is 38.1. The van der Waals surface area contributed by atoms with Gasteiger partial charge in [-0.15, -0.1) is 0 Å². The minimum atomic E-state index is -2.16. The van der Waals surface area contributed by atoms with Crippen LogP contribution in [0.2, 0.25) is 0 Å². The van der Waals surface area contributed by atoms with Crippen LogP contribution < -0.4 is 5.32 Å². The van der Waals surface area contributed by atoms with Crippen molar-refractivity contribution in [3.8, 4) is 0 Å². The molecule has 0 aromatic carbocycles. The molecule has 9 heteroatoms. The Hall–Kier alpha value is -1.21. The van der Waals surface area contributed by atoms with Gasteiger partial charge < -0.3 is 19.9 Å². The molecule has 8 nitrogen and oxygen atoms in total. The SMILES string of the molecule is C=C(CCCCCCCCCCCCCCCCC)OC(COC(=O)CCCCCCCCCCCCCCCCC)CO[P+]1(O)CC1.CCCNC(=O)CO. The Labute approximate surface area is 347 Å². The summed E-state index contributed by atoms with van der Waals surface area (Å²) in [5, 5.41) is 10.6. The average Bonchev–Trinajstić information content (AvgIpc) is 3.94. The molecule has 0 saturated carbocycles. The van der Waals surface area contributed by atoms with Gasteiger partial charge in [-0.2, -0.15) is 0 Å². The fraction of sp³-hybridized carbons (Fsp3) is 0.915. The molecule has 1 heterocycles. The summed E-state index contributed by atoms with van der Waals surface area (Å²) in [6.45, 7) is 11.3. The van der Waals surface area contributed by atoms with E-state index in [2.05, 4.69) is 25.7 Å². The van der Waals surface area contributed by atoms with Crippen molar-refractivity contribution in [2.24, 2.45) is 0 Å². The molecule has 1 amide bonds. The van der Waals surface area contributed by atoms with Crippen LogP contribution in [0.3, 0.4) is 0 Å². The van der Waals surface area contributed by atoms with Crippen LogP contribution >= 0.6 is 7.72 Å². The minimum Gasteiger partial charge on any atom is -0.489 e. The van der Waals surface area contributed by atoms with E-state index in [-0.39, 0.29) is 25.1 Å². The molecule has 0 radical (unpaired) electrons. The first kappa shape index (κ1) is 54.8. The fourth-order valence-corrected chi connectivity index (χ4v) is 8.15. The highest BCUT2D eigenvalue weighted by Gasteiger charge is 2.55. The molecule has 3 N–H and O–H groups in total. The summed E-state index contributed by atoms with van der Waals surface area (Å²) < 4.78 is 17.4. The van der Waals surface area contributed by atoms with E-state index in [1.165, 1.54) is 173 Å². The van der Waals surface area contributed by atoms with Crippen molar-refractivity contribution in [1.82, 2.24) is 5.32 Å². The number of aliphatic hydroxyl groups is 1. The van der Waals surface area contributed by atoms with Crippen molar-refractivity contribution in [2.45, 2.75) is 239 Å². The summed E-state index contributed by atoms with van der Waals surface area (Å²) in [5.41, 5.74) is 0. The number of esters is 1. The van der Waals surface area contributed by atoms with Crippen LogP contribution in [0.5, 0.6) is 0 Å². The second kappa shape index (κ2) is 41.9. The molecule has 1 aliphatic heterocycles. The number of unbranched alkanes of at least 4 members (excludes halogenated alkanes) is 28. The molecule has 0 aromatic heterocycles. The van der Waals surface area contributed by atoms with E-state index < -0.39 is 20.4 Å². The van der Waals surface area contributed by atoms with Crippen LogP contribution in [0, 0.1) is 0 Å². The number of hydrogen-bond acceptors (Lipinski definition) is 7. The van der Waals surface area contributed by atoms with Gasteiger partial charge in [0, 0.05) is 19.4 Å². The molecule has 1 rings (SSSR count). The van der Waals surface area contributed by atoms with Crippen LogP contribution in [0.25, 0.3) is 0 Å². The van der Waals surface area contributed by atoms with Crippen molar-refractivity contribution in [2.75, 3.05) is 38.7 Å². The van der Waals surface area contributed by atoms with E-state index in [0.717, 1.165) is 50.2 Å². The van der Waals surface area contributed by atoms with Crippen molar-refractivity contribution in [3.05, 3.63) is 12.3 Å². The lowest BCUT2D eigenvalue weighted by molar-refractivity contribution is -0.147. The summed E-state index contributed by atoms with van der Waals surface area (Å²) in [6.07, 6.45) is 43.2. The molecule has 1 saturated heterocycles. The first-order chi connectivity index (χ1) is 27.3. The Bertz CT molecular complexity index is 885. The maximum absolute atomic E-state index is 12.4. The van der Waals surface area contributed by atoms with E-state index in [1.807, 2.05) is 6.92 Å². The quantitative estimate of drug-likeness (QED) is 0.0243. The third-order valence-electron chi connectivity index (χ3n) is 10.6. The van der Waals surface area contributed by atoms with Gasteiger partial charge >= 0.3 is 5.97 Å². The zero-order chi connectivity index (χ0) is 41.2. The Morgan fingerprint density at radius 2 is 0.946 bits per heavy atom. The Kier molecular flexibility index (Phi) is 41.0. The molecule has 1 aliphatic rings. The highest BCUT2D eigenvalue weighted by atomic mass is 31.2. The van der Waals surface area contributed by atoms with Crippen molar-refractivity contribution >= 4 is 19.6 Å². The van der Waals surface area contributed by atoms with Gasteiger partial charge in [0.2, 0.25) is 5.91 Å². The fourth-order valence-electron chi connectivity index (χ4n) is 6.76. The molecule has 332 valence electrons. The van der Waals surface area contributed by atoms with E-state index in [0.29, 0.717) is 13.0 Å². The van der Waals surface area contributed by atoms with Gasteiger partial charge in [0.05, 0.1) is 5.76 Å². The van der Waals surface area contributed by atoms with Gasteiger partial charge in [-0.25, -0.2) is 9.42 Å². The molecule has 1 atom stereocenters. The van der Waals surface area contributed by atoms with E-state index >= 15 is 0 Å². The largest absolute Gasteiger partial charge is 0.489 e. The predicted octanol–water partition coefficient (Wildman–Crippen LogP) is 13.3. The molecule has 1 unspecified atom stereocenters. The summed E-state index contributed by atoms with van der Waals surface area (Å²) in [4.78, 5) is 32.9. The molecule has 0 aromatic rings. The molecule has 0 spiro atoms. The van der Waals surface area contributed by atoms with Crippen molar-refractivity contribution in [1.29, 1.82) is 0 Å². The first-order valence-corrected chi connectivity index (χ1v) is 25.9. The average molecular weight is 815 g/mol. The predicted molar refractivity (Wildman–Crippen MR) is 239 cm³/mol. The second-order valence-electron chi connectivity index (χ2n) is 16.5. The minimum absolute atomic E-state index is 0.161. The molecule has 0 aliphatic carbocycles. The molecular weight excluding hydrogens is 721 g/mol. The number of aliphatic hydroxyl groups excluding tert-OH is 1. The van der Waals surface area contributed by atoms with Crippen molar-refractivity contribution in [3.63, 3.8) is 0 Å². The van der Waals surface area contributed by atoms with Crippen LogP contribution in [-0.4, -0.2) is 66.7 Å². The number of carbonyl (C=O) groups is 2. The smallest absolute Gasteiger partial charge is 0.305 e. The van der Waals surface area contributed by atoms with Gasteiger partial charge in [0.15, 0.2) is 18.4 Å². The highest BCUT2D eigenvalue weighted by molar-refractivity contribution is 7.72. The van der Waals surface area contributed by atoms with E-state index in [1.54, 1.807) is 0 Å². The summed E-state index contributed by atoms with van der Waals surface area (Å²) >= 11 is 0.